The molecule has 2 aromatic rings. The van der Waals surface area contributed by atoms with Crippen molar-refractivity contribution in [2.24, 2.45) is 0 Å². The second kappa shape index (κ2) is 4.58. The van der Waals surface area contributed by atoms with Crippen LogP contribution in [0.3, 0.4) is 0 Å². The molecule has 0 saturated carbocycles. The molecule has 4 heteroatoms. The molecule has 1 atom stereocenters. The SMILES string of the molecule is CC1(C)OC[C@@H](C(C)(C)n2cc(Br)c3ccccc32)O1. The quantitative estimate of drug-likeness (QED) is 0.815. The average molecular weight is 338 g/mol. The standard InChI is InChI=1S/C16H20BrNO2/c1-15(2,14-10-19-16(3,4)20-14)18-9-12(17)11-7-5-6-8-13(11)18/h5-9,14H,10H2,1-4H3/t14-/m0/s1. The highest BCUT2D eigenvalue weighted by Crippen LogP contribution is 2.37. The first kappa shape index (κ1) is 14.1. The predicted octanol–water partition coefficient (Wildman–Crippen LogP) is 4.29. The highest BCUT2D eigenvalue weighted by molar-refractivity contribution is 9.10. The summed E-state index contributed by atoms with van der Waals surface area (Å²) in [6.07, 6.45) is 2.17. The molecule has 0 N–H and O–H groups in total. The van der Waals surface area contributed by atoms with Gasteiger partial charge >= 0.3 is 0 Å². The third kappa shape index (κ3) is 2.20. The van der Waals surface area contributed by atoms with Crippen LogP contribution in [0.5, 0.6) is 0 Å². The Kier molecular flexibility index (Phi) is 3.23. The number of hydrogen-bond acceptors (Lipinski definition) is 2. The summed E-state index contributed by atoms with van der Waals surface area (Å²) in [5.41, 5.74) is 1.03. The highest BCUT2D eigenvalue weighted by Gasteiger charge is 2.43. The van der Waals surface area contributed by atoms with Gasteiger partial charge in [-0.1, -0.05) is 18.2 Å². The van der Waals surface area contributed by atoms with Crippen LogP contribution in [0.15, 0.2) is 34.9 Å². The predicted molar refractivity (Wildman–Crippen MR) is 83.9 cm³/mol. The van der Waals surface area contributed by atoms with Crippen molar-refractivity contribution in [3.05, 3.63) is 34.9 Å². The van der Waals surface area contributed by atoms with E-state index in [4.69, 9.17) is 9.47 Å². The molecule has 20 heavy (non-hydrogen) atoms. The van der Waals surface area contributed by atoms with Gasteiger partial charge in [-0.25, -0.2) is 0 Å². The largest absolute Gasteiger partial charge is 0.348 e. The molecule has 2 heterocycles. The molecule has 0 radical (unpaired) electrons. The lowest BCUT2D eigenvalue weighted by molar-refractivity contribution is -0.149. The summed E-state index contributed by atoms with van der Waals surface area (Å²) >= 11 is 3.65. The van der Waals surface area contributed by atoms with E-state index < -0.39 is 5.79 Å². The number of hydrogen-bond donors (Lipinski definition) is 0. The number of rotatable bonds is 2. The third-order valence-electron chi connectivity index (χ3n) is 4.08. The summed E-state index contributed by atoms with van der Waals surface area (Å²) in [4.78, 5) is 0. The minimum Gasteiger partial charge on any atom is -0.348 e. The Morgan fingerprint density at radius 3 is 2.65 bits per heavy atom. The van der Waals surface area contributed by atoms with Crippen molar-refractivity contribution in [1.29, 1.82) is 0 Å². The zero-order valence-corrected chi connectivity index (χ0v) is 13.9. The number of ether oxygens (including phenoxy) is 2. The maximum Gasteiger partial charge on any atom is 0.163 e. The van der Waals surface area contributed by atoms with E-state index in [1.807, 2.05) is 13.8 Å². The molecule has 1 saturated heterocycles. The molecule has 1 aromatic carbocycles. The van der Waals surface area contributed by atoms with Crippen LogP contribution in [0, 0.1) is 0 Å². The van der Waals surface area contributed by atoms with Gasteiger partial charge in [0.2, 0.25) is 0 Å². The fourth-order valence-electron chi connectivity index (χ4n) is 2.81. The van der Waals surface area contributed by atoms with Crippen molar-refractivity contribution < 1.29 is 9.47 Å². The number of halogens is 1. The lowest BCUT2D eigenvalue weighted by Crippen LogP contribution is -2.41. The van der Waals surface area contributed by atoms with E-state index in [0.717, 1.165) is 4.47 Å². The van der Waals surface area contributed by atoms with Gasteiger partial charge in [0.1, 0.15) is 6.10 Å². The van der Waals surface area contributed by atoms with Crippen LogP contribution < -0.4 is 0 Å². The molecular formula is C16H20BrNO2. The first-order valence-corrected chi connectivity index (χ1v) is 7.68. The Morgan fingerprint density at radius 2 is 2.00 bits per heavy atom. The zero-order valence-electron chi connectivity index (χ0n) is 12.3. The van der Waals surface area contributed by atoms with Gasteiger partial charge in [-0.15, -0.1) is 0 Å². The van der Waals surface area contributed by atoms with Crippen molar-refractivity contribution in [2.45, 2.75) is 45.1 Å². The monoisotopic (exact) mass is 337 g/mol. The van der Waals surface area contributed by atoms with Gasteiger partial charge in [0.25, 0.3) is 0 Å². The second-order valence-corrected chi connectivity index (χ2v) is 7.19. The minimum absolute atomic E-state index is 0.0280. The molecule has 1 aliphatic heterocycles. The van der Waals surface area contributed by atoms with Crippen LogP contribution in [0.4, 0.5) is 0 Å². The number of nitrogens with zero attached hydrogens (tertiary/aromatic N) is 1. The fraction of sp³-hybridized carbons (Fsp3) is 0.500. The van der Waals surface area contributed by atoms with E-state index in [0.29, 0.717) is 6.61 Å². The van der Waals surface area contributed by atoms with Gasteiger partial charge in [0.15, 0.2) is 5.79 Å². The first-order valence-electron chi connectivity index (χ1n) is 6.89. The Balaban J connectivity index is 2.06. The Labute approximate surface area is 128 Å². The number of para-hydroxylation sites is 1. The van der Waals surface area contributed by atoms with Crippen LogP contribution in [-0.4, -0.2) is 23.1 Å². The number of aromatic nitrogens is 1. The third-order valence-corrected chi connectivity index (χ3v) is 4.71. The van der Waals surface area contributed by atoms with E-state index in [2.05, 4.69) is 64.8 Å². The van der Waals surface area contributed by atoms with Crippen molar-refractivity contribution in [2.75, 3.05) is 6.61 Å². The molecule has 0 aliphatic carbocycles. The molecular weight excluding hydrogens is 318 g/mol. The lowest BCUT2D eigenvalue weighted by atomic mass is 9.97. The van der Waals surface area contributed by atoms with E-state index in [-0.39, 0.29) is 11.6 Å². The summed E-state index contributed by atoms with van der Waals surface area (Å²) in [7, 11) is 0. The molecule has 0 amide bonds. The highest BCUT2D eigenvalue weighted by atomic mass is 79.9. The van der Waals surface area contributed by atoms with Crippen LogP contribution in [0.25, 0.3) is 10.9 Å². The van der Waals surface area contributed by atoms with Crippen molar-refractivity contribution >= 4 is 26.8 Å². The van der Waals surface area contributed by atoms with Gasteiger partial charge in [-0.2, -0.15) is 0 Å². The molecule has 108 valence electrons. The van der Waals surface area contributed by atoms with Gasteiger partial charge in [0, 0.05) is 21.6 Å². The smallest absolute Gasteiger partial charge is 0.163 e. The average Bonchev–Trinajstić information content (AvgIpc) is 2.92. The van der Waals surface area contributed by atoms with Gasteiger partial charge in [-0.3, -0.25) is 0 Å². The normalized spacial score (nSPS) is 22.6. The topological polar surface area (TPSA) is 23.4 Å². The first-order chi connectivity index (χ1) is 9.31. The number of benzene rings is 1. The van der Waals surface area contributed by atoms with Crippen LogP contribution in [0.2, 0.25) is 0 Å². The van der Waals surface area contributed by atoms with Crippen molar-refractivity contribution in [1.82, 2.24) is 4.57 Å². The maximum atomic E-state index is 6.07. The van der Waals surface area contributed by atoms with Crippen molar-refractivity contribution in [3.8, 4) is 0 Å². The molecule has 1 fully saturated rings. The van der Waals surface area contributed by atoms with Crippen LogP contribution in [0.1, 0.15) is 27.7 Å². The summed E-state index contributed by atoms with van der Waals surface area (Å²) < 4.78 is 15.2. The van der Waals surface area contributed by atoms with E-state index in [1.165, 1.54) is 10.9 Å². The molecule has 0 unspecified atom stereocenters. The Hall–Kier alpha value is -0.840. The molecule has 1 aromatic heterocycles. The summed E-state index contributed by atoms with van der Waals surface area (Å²) in [5, 5.41) is 1.22. The lowest BCUT2D eigenvalue weighted by Gasteiger charge is -2.33. The van der Waals surface area contributed by atoms with Crippen LogP contribution >= 0.6 is 15.9 Å². The van der Waals surface area contributed by atoms with E-state index >= 15 is 0 Å². The number of fused-ring (bicyclic) bond motifs is 1. The van der Waals surface area contributed by atoms with Gasteiger partial charge in [-0.05, 0) is 49.7 Å². The van der Waals surface area contributed by atoms with E-state index in [9.17, 15) is 0 Å². The fourth-order valence-corrected chi connectivity index (χ4v) is 3.35. The molecule has 3 rings (SSSR count). The maximum absolute atomic E-state index is 6.07. The summed E-state index contributed by atoms with van der Waals surface area (Å²) in [5.74, 6) is -0.498. The van der Waals surface area contributed by atoms with Crippen LogP contribution in [-0.2, 0) is 15.0 Å². The van der Waals surface area contributed by atoms with Crippen molar-refractivity contribution in [3.63, 3.8) is 0 Å². The van der Waals surface area contributed by atoms with Gasteiger partial charge < -0.3 is 14.0 Å². The molecule has 0 bridgehead atoms. The minimum atomic E-state index is -0.498. The molecule has 0 spiro atoms. The molecule has 1 aliphatic rings. The summed E-state index contributed by atoms with van der Waals surface area (Å²) in [6, 6.07) is 8.39. The second-order valence-electron chi connectivity index (χ2n) is 6.34. The Morgan fingerprint density at radius 1 is 1.30 bits per heavy atom. The van der Waals surface area contributed by atoms with E-state index in [1.54, 1.807) is 0 Å². The Bertz CT molecular complexity index is 645. The summed E-state index contributed by atoms with van der Waals surface area (Å²) in [6.45, 7) is 8.94. The zero-order chi connectivity index (χ0) is 14.5. The molecule has 3 nitrogen and oxygen atoms in total. The van der Waals surface area contributed by atoms with Gasteiger partial charge in [0.05, 0.1) is 12.1 Å².